The second-order valence-corrected chi connectivity index (χ2v) is 6.63. The molecule has 1 aromatic carbocycles. The molecule has 3 heterocycles. The molecule has 0 spiro atoms. The Bertz CT molecular complexity index is 1030. The van der Waals surface area contributed by atoms with E-state index in [4.69, 9.17) is 15.3 Å². The molecule has 0 saturated carbocycles. The maximum absolute atomic E-state index is 13.8. The molecule has 29 heavy (non-hydrogen) atoms. The number of ether oxygens (including phenoxy) is 1. The Morgan fingerprint density at radius 3 is 2.76 bits per heavy atom. The third-order valence-electron chi connectivity index (χ3n) is 4.81. The Balaban J connectivity index is 1.56. The SMILES string of the molecule is NC1=c2ncn([C@@H]3O[C@H](CO)[C@@H](O)[C@H]3O)c2=NCN1OCc1ccc(F)cc1F. The molecule has 0 aliphatic carbocycles. The van der Waals surface area contributed by atoms with E-state index in [2.05, 4.69) is 9.98 Å². The van der Waals surface area contributed by atoms with Crippen molar-refractivity contribution in [2.24, 2.45) is 10.7 Å². The minimum Gasteiger partial charge on any atom is -0.394 e. The Morgan fingerprint density at radius 2 is 2.07 bits per heavy atom. The zero-order valence-electron chi connectivity index (χ0n) is 15.0. The van der Waals surface area contributed by atoms with Crippen molar-refractivity contribution in [2.75, 3.05) is 13.3 Å². The first-order chi connectivity index (χ1) is 13.9. The van der Waals surface area contributed by atoms with Gasteiger partial charge < -0.3 is 25.8 Å². The van der Waals surface area contributed by atoms with Gasteiger partial charge in [0.25, 0.3) is 0 Å². The van der Waals surface area contributed by atoms with Crippen LogP contribution in [0.25, 0.3) is 5.82 Å². The van der Waals surface area contributed by atoms with Gasteiger partial charge in [0.1, 0.15) is 48.6 Å². The van der Waals surface area contributed by atoms with Crippen molar-refractivity contribution in [2.45, 2.75) is 31.1 Å². The number of aliphatic hydroxyl groups is 3. The largest absolute Gasteiger partial charge is 0.394 e. The Hall–Kier alpha value is -2.64. The Labute approximate surface area is 162 Å². The summed E-state index contributed by atoms with van der Waals surface area (Å²) in [6.07, 6.45) is -3.17. The molecule has 2 aromatic rings. The number of halogens is 2. The highest BCUT2D eigenvalue weighted by atomic mass is 19.1. The van der Waals surface area contributed by atoms with Crippen LogP contribution < -0.4 is 16.6 Å². The molecule has 5 N–H and O–H groups in total. The van der Waals surface area contributed by atoms with Crippen LogP contribution in [0, 0.1) is 11.6 Å². The van der Waals surface area contributed by atoms with Crippen LogP contribution in [0.1, 0.15) is 11.8 Å². The lowest BCUT2D eigenvalue weighted by Crippen LogP contribution is -2.47. The van der Waals surface area contributed by atoms with Crippen molar-refractivity contribution < 1.29 is 33.7 Å². The van der Waals surface area contributed by atoms with Gasteiger partial charge in [0.2, 0.25) is 0 Å². The van der Waals surface area contributed by atoms with E-state index in [1.165, 1.54) is 22.0 Å². The molecule has 4 rings (SSSR count). The predicted octanol–water partition coefficient (Wildman–Crippen LogP) is -2.18. The average molecular weight is 411 g/mol. The number of hydroxylamine groups is 2. The second kappa shape index (κ2) is 7.65. The van der Waals surface area contributed by atoms with E-state index in [1.54, 1.807) is 0 Å². The summed E-state index contributed by atoms with van der Waals surface area (Å²) in [6, 6.07) is 3.15. The van der Waals surface area contributed by atoms with Crippen LogP contribution >= 0.6 is 0 Å². The molecule has 2 aliphatic rings. The summed E-state index contributed by atoms with van der Waals surface area (Å²) in [5.41, 5.74) is 6.52. The zero-order chi connectivity index (χ0) is 20.7. The molecule has 10 nitrogen and oxygen atoms in total. The normalized spacial score (nSPS) is 26.5. The van der Waals surface area contributed by atoms with Crippen LogP contribution in [0.2, 0.25) is 0 Å². The zero-order valence-corrected chi connectivity index (χ0v) is 15.0. The molecule has 1 saturated heterocycles. The Morgan fingerprint density at radius 1 is 1.28 bits per heavy atom. The summed E-state index contributed by atoms with van der Waals surface area (Å²) in [4.78, 5) is 13.9. The van der Waals surface area contributed by atoms with Crippen LogP contribution in [0.3, 0.4) is 0 Å². The number of rotatable bonds is 5. The standard InChI is InChI=1S/C17H19F2N5O5/c18-9-2-1-8(10(19)3-9)5-28-24-7-22-16-12(15(24)20)21-6-23(16)17-14(27)13(26)11(4-25)29-17/h1-3,6,11,13-14,17,25-27H,4-5,7,20H2/t11-,13-,14-,17-/m1/s1. The summed E-state index contributed by atoms with van der Waals surface area (Å²) in [5, 5.41) is 30.8. The topological polar surface area (TPSA) is 139 Å². The predicted molar refractivity (Wildman–Crippen MR) is 91.5 cm³/mol. The lowest BCUT2D eigenvalue weighted by atomic mass is 10.1. The van der Waals surface area contributed by atoms with Gasteiger partial charge in [-0.25, -0.2) is 23.8 Å². The number of nitrogens with two attached hydrogens (primary N) is 1. The quantitative estimate of drug-likeness (QED) is 0.436. The van der Waals surface area contributed by atoms with Gasteiger partial charge in [-0.05, 0) is 6.07 Å². The maximum atomic E-state index is 13.8. The molecule has 12 heteroatoms. The van der Waals surface area contributed by atoms with Crippen molar-refractivity contribution in [3.63, 3.8) is 0 Å². The number of imidazole rings is 1. The molecule has 4 atom stereocenters. The van der Waals surface area contributed by atoms with Gasteiger partial charge in [-0.15, -0.1) is 0 Å². The minimum atomic E-state index is -1.29. The molecule has 0 amide bonds. The van der Waals surface area contributed by atoms with Gasteiger partial charge in [-0.2, -0.15) is 0 Å². The Kier molecular flexibility index (Phi) is 5.19. The molecule has 156 valence electrons. The number of benzene rings is 1. The fraction of sp³-hybridized carbons (Fsp3) is 0.412. The van der Waals surface area contributed by atoms with Crippen molar-refractivity contribution in [1.82, 2.24) is 14.6 Å². The first-order valence-electron chi connectivity index (χ1n) is 8.74. The van der Waals surface area contributed by atoms with E-state index >= 15 is 0 Å². The summed E-state index contributed by atoms with van der Waals surface area (Å²) >= 11 is 0. The molecular formula is C17H19F2N5O5. The van der Waals surface area contributed by atoms with Crippen molar-refractivity contribution >= 4 is 5.82 Å². The summed E-state index contributed by atoms with van der Waals surface area (Å²) in [6.45, 7) is -0.714. The number of hydrogen-bond acceptors (Lipinski definition) is 9. The van der Waals surface area contributed by atoms with Crippen molar-refractivity contribution in [1.29, 1.82) is 0 Å². The van der Waals surface area contributed by atoms with Gasteiger partial charge >= 0.3 is 0 Å². The average Bonchev–Trinajstić information content (AvgIpc) is 3.24. The van der Waals surface area contributed by atoms with Gasteiger partial charge in [0.15, 0.2) is 17.5 Å². The maximum Gasteiger partial charge on any atom is 0.165 e. The van der Waals surface area contributed by atoms with E-state index in [0.29, 0.717) is 5.49 Å². The van der Waals surface area contributed by atoms with Gasteiger partial charge in [-0.1, -0.05) is 6.07 Å². The van der Waals surface area contributed by atoms with E-state index in [0.717, 1.165) is 12.1 Å². The molecular weight excluding hydrogens is 392 g/mol. The minimum absolute atomic E-state index is 0.0534. The third kappa shape index (κ3) is 3.45. The lowest BCUT2D eigenvalue weighted by molar-refractivity contribution is -0.125. The number of aromatic nitrogens is 2. The molecule has 1 fully saturated rings. The molecule has 0 radical (unpaired) electrons. The van der Waals surface area contributed by atoms with E-state index in [9.17, 15) is 24.1 Å². The van der Waals surface area contributed by atoms with Crippen LogP contribution in [0.15, 0.2) is 29.5 Å². The second-order valence-electron chi connectivity index (χ2n) is 6.63. The highest BCUT2D eigenvalue weighted by molar-refractivity contribution is 5.34. The van der Waals surface area contributed by atoms with Crippen molar-refractivity contribution in [3.8, 4) is 0 Å². The van der Waals surface area contributed by atoms with Gasteiger partial charge in [-0.3, -0.25) is 9.40 Å². The number of hydrogen-bond donors (Lipinski definition) is 4. The van der Waals surface area contributed by atoms with E-state index in [-0.39, 0.29) is 30.0 Å². The molecule has 0 bridgehead atoms. The van der Waals surface area contributed by atoms with Crippen LogP contribution in [0.5, 0.6) is 0 Å². The monoisotopic (exact) mass is 411 g/mol. The first-order valence-corrected chi connectivity index (χ1v) is 8.74. The molecule has 1 aromatic heterocycles. The van der Waals surface area contributed by atoms with E-state index < -0.39 is 42.8 Å². The number of nitrogens with zero attached hydrogens (tertiary/aromatic N) is 4. The smallest absolute Gasteiger partial charge is 0.165 e. The summed E-state index contributed by atoms with van der Waals surface area (Å²) in [7, 11) is 0. The van der Waals surface area contributed by atoms with Gasteiger partial charge in [0.05, 0.1) is 12.9 Å². The fourth-order valence-corrected chi connectivity index (χ4v) is 3.21. The van der Waals surface area contributed by atoms with Crippen LogP contribution in [-0.2, 0) is 16.2 Å². The van der Waals surface area contributed by atoms with E-state index in [1.807, 2.05) is 0 Å². The fourth-order valence-electron chi connectivity index (χ4n) is 3.21. The highest BCUT2D eigenvalue weighted by Crippen LogP contribution is 2.27. The summed E-state index contributed by atoms with van der Waals surface area (Å²) in [5.74, 6) is -1.33. The molecule has 0 unspecified atom stereocenters. The van der Waals surface area contributed by atoms with Gasteiger partial charge in [0, 0.05) is 11.6 Å². The number of aliphatic hydroxyl groups excluding tert-OH is 3. The number of fused-ring (bicyclic) bond motifs is 1. The first kappa shape index (κ1) is 19.7. The highest BCUT2D eigenvalue weighted by Gasteiger charge is 2.44. The molecule has 2 aliphatic heterocycles. The lowest BCUT2D eigenvalue weighted by Gasteiger charge is -2.24. The summed E-state index contributed by atoms with van der Waals surface area (Å²) < 4.78 is 33.6. The van der Waals surface area contributed by atoms with Crippen LogP contribution in [0.4, 0.5) is 8.78 Å². The third-order valence-corrected chi connectivity index (χ3v) is 4.81. The van der Waals surface area contributed by atoms with Crippen LogP contribution in [-0.4, -0.2) is 61.5 Å². The van der Waals surface area contributed by atoms with Crippen molar-refractivity contribution in [3.05, 3.63) is 52.6 Å².